The Labute approximate surface area is 122 Å². The zero-order valence-corrected chi connectivity index (χ0v) is 12.7. The fourth-order valence-electron chi connectivity index (χ4n) is 1.41. The molecule has 0 aliphatic rings. The van der Waals surface area contributed by atoms with Crippen LogP contribution in [0, 0.1) is 19.9 Å². The minimum Gasteiger partial charge on any atom is -0.551 e. The van der Waals surface area contributed by atoms with Crippen LogP contribution in [0.4, 0.5) is 0 Å². The van der Waals surface area contributed by atoms with Crippen molar-refractivity contribution in [3.05, 3.63) is 56.3 Å². The predicted molar refractivity (Wildman–Crippen MR) is 81.8 cm³/mol. The van der Waals surface area contributed by atoms with Gasteiger partial charge < -0.3 is 18.6 Å². The Morgan fingerprint density at radius 2 is 1.67 bits per heavy atom. The Morgan fingerprint density at radius 3 is 2.28 bits per heavy atom. The second kappa shape index (κ2) is 12.5. The molecule has 18 heavy (non-hydrogen) atoms. The summed E-state index contributed by atoms with van der Waals surface area (Å²) in [6, 6.07) is 15.1. The van der Waals surface area contributed by atoms with E-state index in [1.807, 2.05) is 31.2 Å². The fraction of sp³-hybridized carbons (Fsp3) is 0.250. The predicted octanol–water partition coefficient (Wildman–Crippen LogP) is 4.34. The average molecular weight is 256 g/mol. The molecular weight excluding hydrogens is 235 g/mol. The molecule has 0 spiro atoms. The van der Waals surface area contributed by atoms with Gasteiger partial charge >= 0.3 is 17.4 Å². The molecule has 0 heterocycles. The first kappa shape index (κ1) is 19.4. The van der Waals surface area contributed by atoms with Crippen molar-refractivity contribution in [3.8, 4) is 5.75 Å². The van der Waals surface area contributed by atoms with Gasteiger partial charge in [0.25, 0.3) is 0 Å². The molecule has 1 nitrogen and oxygen atoms in total. The molecule has 0 saturated carbocycles. The second-order valence-corrected chi connectivity index (χ2v) is 2.84. The minimum absolute atomic E-state index is 0. The van der Waals surface area contributed by atoms with E-state index in [-0.39, 0.29) is 17.4 Å². The molecule has 0 fully saturated rings. The maximum absolute atomic E-state index is 5.49. The van der Waals surface area contributed by atoms with Gasteiger partial charge in [0, 0.05) is 5.75 Å². The first-order valence-corrected chi connectivity index (χ1v) is 5.85. The molecule has 0 aromatic heterocycles. The van der Waals surface area contributed by atoms with Gasteiger partial charge in [0.1, 0.15) is 0 Å². The van der Waals surface area contributed by atoms with E-state index in [1.54, 1.807) is 13.8 Å². The van der Waals surface area contributed by atoms with Crippen LogP contribution in [-0.4, -0.2) is 24.0 Å². The van der Waals surface area contributed by atoms with Gasteiger partial charge in [0.05, 0.1) is 6.61 Å². The molecule has 2 heteroatoms. The minimum atomic E-state index is 0. The Morgan fingerprint density at radius 1 is 1.06 bits per heavy atom. The summed E-state index contributed by atoms with van der Waals surface area (Å²) in [4.78, 5) is 0. The average Bonchev–Trinajstić information content (AvgIpc) is 2.44. The van der Waals surface area contributed by atoms with Crippen LogP contribution in [0.25, 0.3) is 10.8 Å². The third-order valence-corrected chi connectivity index (χ3v) is 1.98. The molecule has 94 valence electrons. The Balaban J connectivity index is 0. The monoisotopic (exact) mass is 256 g/mol. The summed E-state index contributed by atoms with van der Waals surface area (Å²) in [5.74, 6) is 0.917. The molecule has 2 rings (SSSR count). The van der Waals surface area contributed by atoms with Crippen molar-refractivity contribution in [2.45, 2.75) is 20.8 Å². The smallest absolute Gasteiger partial charge is 0.551 e. The maximum atomic E-state index is 5.49. The molecule has 0 bridgehead atoms. The van der Waals surface area contributed by atoms with Crippen molar-refractivity contribution in [1.29, 1.82) is 0 Å². The van der Waals surface area contributed by atoms with Crippen LogP contribution in [0.5, 0.6) is 5.75 Å². The van der Waals surface area contributed by atoms with Crippen LogP contribution in [0.2, 0.25) is 0 Å². The van der Waals surface area contributed by atoms with Gasteiger partial charge in [-0.2, -0.15) is 26.0 Å². The van der Waals surface area contributed by atoms with E-state index in [1.165, 1.54) is 5.39 Å². The molecule has 0 saturated heterocycles. The summed E-state index contributed by atoms with van der Waals surface area (Å²) in [6.07, 6.45) is 0. The molecular formula is C16H21AlO. The fourth-order valence-corrected chi connectivity index (χ4v) is 1.41. The van der Waals surface area contributed by atoms with E-state index in [2.05, 4.69) is 32.0 Å². The van der Waals surface area contributed by atoms with E-state index >= 15 is 0 Å². The van der Waals surface area contributed by atoms with E-state index in [0.29, 0.717) is 6.61 Å². The largest absolute Gasteiger partial charge is 3.00 e. The SMILES string of the molecule is CCOc1c[c-]cc2ccccc12.[Al+3].[CH2-]C.[CH2-]C. The molecule has 0 atom stereocenters. The molecule has 0 aliphatic carbocycles. The van der Waals surface area contributed by atoms with E-state index in [9.17, 15) is 0 Å². The summed E-state index contributed by atoms with van der Waals surface area (Å²) >= 11 is 0. The van der Waals surface area contributed by atoms with Gasteiger partial charge in [-0.05, 0) is 6.92 Å². The van der Waals surface area contributed by atoms with Gasteiger partial charge in [-0.15, -0.1) is 17.5 Å². The zero-order chi connectivity index (χ0) is 13.1. The van der Waals surface area contributed by atoms with Gasteiger partial charge in [0.15, 0.2) is 0 Å². The number of rotatable bonds is 2. The van der Waals surface area contributed by atoms with E-state index in [0.717, 1.165) is 11.1 Å². The third-order valence-electron chi connectivity index (χ3n) is 1.98. The summed E-state index contributed by atoms with van der Waals surface area (Å²) in [6.45, 7) is 12.7. The van der Waals surface area contributed by atoms with Crippen molar-refractivity contribution in [3.63, 3.8) is 0 Å². The molecule has 2 aromatic carbocycles. The summed E-state index contributed by atoms with van der Waals surface area (Å²) in [5, 5.41) is 2.33. The van der Waals surface area contributed by atoms with Crippen LogP contribution in [-0.2, 0) is 0 Å². The first-order valence-electron chi connectivity index (χ1n) is 5.85. The zero-order valence-electron chi connectivity index (χ0n) is 11.6. The molecule has 0 radical (unpaired) electrons. The number of ether oxygens (including phenoxy) is 1. The Hall–Kier alpha value is -0.968. The van der Waals surface area contributed by atoms with Gasteiger partial charge in [-0.25, -0.2) is 0 Å². The third kappa shape index (κ3) is 5.58. The van der Waals surface area contributed by atoms with Crippen LogP contribution in [0.3, 0.4) is 0 Å². The van der Waals surface area contributed by atoms with E-state index < -0.39 is 0 Å². The van der Waals surface area contributed by atoms with Crippen molar-refractivity contribution < 1.29 is 4.74 Å². The summed E-state index contributed by atoms with van der Waals surface area (Å²) in [7, 11) is 0. The van der Waals surface area contributed by atoms with Crippen molar-refractivity contribution in [2.24, 2.45) is 0 Å². The van der Waals surface area contributed by atoms with Gasteiger partial charge in [-0.3, -0.25) is 0 Å². The summed E-state index contributed by atoms with van der Waals surface area (Å²) < 4.78 is 5.49. The van der Waals surface area contributed by atoms with Crippen LogP contribution < -0.4 is 4.74 Å². The number of fused-ring (bicyclic) bond motifs is 1. The van der Waals surface area contributed by atoms with Crippen LogP contribution in [0.15, 0.2) is 36.4 Å². The van der Waals surface area contributed by atoms with Crippen molar-refractivity contribution in [1.82, 2.24) is 0 Å². The van der Waals surface area contributed by atoms with Crippen LogP contribution >= 0.6 is 0 Å². The number of benzene rings is 2. The second-order valence-electron chi connectivity index (χ2n) is 2.84. The first-order chi connectivity index (χ1) is 8.42. The number of hydrogen-bond donors (Lipinski definition) is 0. The molecule has 0 N–H and O–H groups in total. The topological polar surface area (TPSA) is 9.23 Å². The van der Waals surface area contributed by atoms with E-state index in [4.69, 9.17) is 4.74 Å². The Kier molecular flexibility index (Phi) is 13.4. The van der Waals surface area contributed by atoms with Gasteiger partial charge in [0.2, 0.25) is 0 Å². The normalized spacial score (nSPS) is 8.06. The molecule has 0 unspecified atom stereocenters. The number of hydrogen-bond acceptors (Lipinski definition) is 1. The maximum Gasteiger partial charge on any atom is 3.00 e. The molecule has 0 aliphatic heterocycles. The quantitative estimate of drug-likeness (QED) is 0.573. The summed E-state index contributed by atoms with van der Waals surface area (Å²) in [5.41, 5.74) is 0. The van der Waals surface area contributed by atoms with Gasteiger partial charge in [-0.1, -0.05) is 23.6 Å². The van der Waals surface area contributed by atoms with Crippen molar-refractivity contribution in [2.75, 3.05) is 6.61 Å². The Bertz CT molecular complexity index is 407. The van der Waals surface area contributed by atoms with Crippen LogP contribution in [0.1, 0.15) is 20.8 Å². The standard InChI is InChI=1S/C12H11O.2C2H5.Al/c1-2-13-12-9-5-7-10-6-3-4-8-11(10)12;2*1-2;/h3-4,6-9H,2H2,1H3;2*1H2,2H3;/q3*-1;+3. The van der Waals surface area contributed by atoms with Crippen molar-refractivity contribution >= 4 is 28.1 Å². The molecule has 2 aromatic rings. The molecule has 0 amide bonds.